The molecule has 0 bridgehead atoms. The third kappa shape index (κ3) is 2.86. The maximum Gasteiger partial charge on any atom is 0.275 e. The number of non-ortho nitro benzene ring substituents is 1. The fourth-order valence-corrected chi connectivity index (χ4v) is 2.28. The first-order valence-corrected chi connectivity index (χ1v) is 7.06. The van der Waals surface area contributed by atoms with Crippen molar-refractivity contribution < 1.29 is 9.72 Å². The predicted octanol–water partition coefficient (Wildman–Crippen LogP) is 2.07. The fourth-order valence-electron chi connectivity index (χ4n) is 2.28. The smallest absolute Gasteiger partial charge is 0.275 e. The number of aromatic nitrogens is 4. The number of nitro groups is 1. The number of hydrogen-bond acceptors (Lipinski definition) is 5. The van der Waals surface area contributed by atoms with Gasteiger partial charge in [0.05, 0.1) is 16.3 Å². The summed E-state index contributed by atoms with van der Waals surface area (Å²) in [7, 11) is 1.67. The van der Waals surface area contributed by atoms with Crippen LogP contribution in [-0.4, -0.2) is 30.4 Å². The van der Waals surface area contributed by atoms with Gasteiger partial charge in [-0.15, -0.1) is 0 Å². The number of nitrogens with zero attached hydrogens (tertiary/aromatic N) is 5. The van der Waals surface area contributed by atoms with E-state index in [-0.39, 0.29) is 11.6 Å². The molecule has 24 heavy (non-hydrogen) atoms. The number of nitro benzene ring substituents is 1. The van der Waals surface area contributed by atoms with Crippen LogP contribution in [-0.2, 0) is 7.05 Å². The number of hydrogen-bond donors (Lipinski definition) is 1. The van der Waals surface area contributed by atoms with Gasteiger partial charge in [-0.25, -0.2) is 4.68 Å². The Bertz CT molecular complexity index is 910. The topological polar surface area (TPSA) is 108 Å². The number of rotatable bonds is 4. The minimum atomic E-state index is -0.469. The molecule has 0 aliphatic heterocycles. The van der Waals surface area contributed by atoms with Crippen molar-refractivity contribution in [2.24, 2.45) is 7.05 Å². The van der Waals surface area contributed by atoms with E-state index < -0.39 is 4.92 Å². The molecule has 0 aliphatic rings. The molecule has 122 valence electrons. The normalized spacial score (nSPS) is 10.6. The summed E-state index contributed by atoms with van der Waals surface area (Å²) in [6.07, 6.45) is 1.54. The summed E-state index contributed by atoms with van der Waals surface area (Å²) < 4.78 is 2.99. The van der Waals surface area contributed by atoms with Crippen molar-refractivity contribution in [2.75, 3.05) is 5.32 Å². The summed E-state index contributed by atoms with van der Waals surface area (Å²) >= 11 is 0. The molecule has 2 aromatic heterocycles. The van der Waals surface area contributed by atoms with Crippen LogP contribution in [0.15, 0.2) is 42.6 Å². The molecule has 0 fully saturated rings. The molecule has 2 heterocycles. The van der Waals surface area contributed by atoms with Crippen molar-refractivity contribution in [3.05, 3.63) is 64.1 Å². The summed E-state index contributed by atoms with van der Waals surface area (Å²) in [6, 6.07) is 9.25. The highest BCUT2D eigenvalue weighted by Gasteiger charge is 2.15. The Hall–Kier alpha value is -3.49. The van der Waals surface area contributed by atoms with Crippen LogP contribution in [0.5, 0.6) is 0 Å². The third-order valence-corrected chi connectivity index (χ3v) is 3.43. The number of carbonyl (C=O) groups excluding carboxylic acids is 1. The van der Waals surface area contributed by atoms with Crippen molar-refractivity contribution in [3.63, 3.8) is 0 Å². The second-order valence-corrected chi connectivity index (χ2v) is 5.15. The largest absolute Gasteiger partial charge is 0.305 e. The lowest BCUT2D eigenvalue weighted by atomic mass is 10.3. The highest BCUT2D eigenvalue weighted by molar-refractivity contribution is 6.02. The van der Waals surface area contributed by atoms with Gasteiger partial charge in [0, 0.05) is 31.4 Å². The average molecular weight is 326 g/mol. The molecule has 0 atom stereocenters. The Balaban J connectivity index is 1.92. The number of benzene rings is 1. The van der Waals surface area contributed by atoms with E-state index in [1.165, 1.54) is 27.7 Å². The van der Waals surface area contributed by atoms with Crippen molar-refractivity contribution >= 4 is 17.4 Å². The molecule has 0 saturated heterocycles. The third-order valence-electron chi connectivity index (χ3n) is 3.43. The molecule has 0 radical (unpaired) electrons. The van der Waals surface area contributed by atoms with E-state index in [4.69, 9.17) is 0 Å². The van der Waals surface area contributed by atoms with E-state index in [1.807, 2.05) is 0 Å². The van der Waals surface area contributed by atoms with Gasteiger partial charge in [0.15, 0.2) is 0 Å². The van der Waals surface area contributed by atoms with Crippen LogP contribution in [0, 0.1) is 17.0 Å². The van der Waals surface area contributed by atoms with Gasteiger partial charge in [-0.2, -0.15) is 10.2 Å². The van der Waals surface area contributed by atoms with Gasteiger partial charge in [-0.3, -0.25) is 19.6 Å². The van der Waals surface area contributed by atoms with E-state index in [2.05, 4.69) is 15.5 Å². The number of carbonyl (C=O) groups is 1. The summed E-state index contributed by atoms with van der Waals surface area (Å²) in [5.41, 5.74) is 1.70. The Morgan fingerprint density at radius 1 is 1.25 bits per heavy atom. The molecule has 1 N–H and O–H groups in total. The number of amides is 1. The molecule has 0 saturated carbocycles. The van der Waals surface area contributed by atoms with Gasteiger partial charge < -0.3 is 5.32 Å². The molecule has 3 aromatic rings. The molecular weight excluding hydrogens is 312 g/mol. The van der Waals surface area contributed by atoms with E-state index in [9.17, 15) is 14.9 Å². The van der Waals surface area contributed by atoms with E-state index in [1.54, 1.807) is 38.2 Å². The molecule has 0 spiro atoms. The van der Waals surface area contributed by atoms with Gasteiger partial charge >= 0.3 is 0 Å². The first kappa shape index (κ1) is 15.4. The van der Waals surface area contributed by atoms with E-state index in [0.717, 1.165) is 0 Å². The first-order valence-electron chi connectivity index (χ1n) is 7.06. The van der Waals surface area contributed by atoms with Crippen molar-refractivity contribution in [1.29, 1.82) is 0 Å². The van der Waals surface area contributed by atoms with Crippen LogP contribution >= 0.6 is 0 Å². The zero-order valence-corrected chi connectivity index (χ0v) is 13.0. The first-order chi connectivity index (χ1) is 11.5. The van der Waals surface area contributed by atoms with Gasteiger partial charge in [0.25, 0.3) is 11.6 Å². The zero-order chi connectivity index (χ0) is 17.3. The monoisotopic (exact) mass is 326 g/mol. The molecule has 3 rings (SSSR count). The van der Waals surface area contributed by atoms with Crippen LogP contribution < -0.4 is 5.32 Å². The minimum absolute atomic E-state index is 0.0110. The van der Waals surface area contributed by atoms with Crippen LogP contribution in [0.2, 0.25) is 0 Å². The molecule has 1 amide bonds. The van der Waals surface area contributed by atoms with Gasteiger partial charge in [-0.1, -0.05) is 0 Å². The summed E-state index contributed by atoms with van der Waals surface area (Å²) in [5.74, 6) is 0.144. The Morgan fingerprint density at radius 2 is 1.96 bits per heavy atom. The molecule has 9 heteroatoms. The highest BCUT2D eigenvalue weighted by atomic mass is 16.6. The predicted molar refractivity (Wildman–Crippen MR) is 86.1 cm³/mol. The van der Waals surface area contributed by atoms with Crippen molar-refractivity contribution in [1.82, 2.24) is 19.6 Å². The lowest BCUT2D eigenvalue weighted by molar-refractivity contribution is -0.384. The van der Waals surface area contributed by atoms with E-state index in [0.29, 0.717) is 22.9 Å². The Labute approximate surface area is 136 Å². The van der Waals surface area contributed by atoms with Crippen LogP contribution in [0.1, 0.15) is 16.2 Å². The second kappa shape index (κ2) is 5.95. The lowest BCUT2D eigenvalue weighted by Crippen LogP contribution is -2.18. The summed E-state index contributed by atoms with van der Waals surface area (Å²) in [4.78, 5) is 22.6. The van der Waals surface area contributed by atoms with Crippen molar-refractivity contribution in [3.8, 4) is 5.69 Å². The Morgan fingerprint density at radius 3 is 2.54 bits per heavy atom. The van der Waals surface area contributed by atoms with Crippen molar-refractivity contribution in [2.45, 2.75) is 6.92 Å². The number of nitrogens with one attached hydrogen (secondary N) is 1. The molecule has 0 unspecified atom stereocenters. The number of aryl methyl sites for hydroxylation is 2. The molecule has 1 aromatic carbocycles. The molecule has 9 nitrogen and oxygen atoms in total. The average Bonchev–Trinajstić information content (AvgIpc) is 3.13. The highest BCUT2D eigenvalue weighted by Crippen LogP contribution is 2.20. The lowest BCUT2D eigenvalue weighted by Gasteiger charge is -2.09. The maximum atomic E-state index is 12.3. The van der Waals surface area contributed by atoms with Gasteiger partial charge in [0.2, 0.25) is 0 Å². The molecular formula is C15H14N6O3. The zero-order valence-electron chi connectivity index (χ0n) is 13.0. The van der Waals surface area contributed by atoms with Crippen LogP contribution in [0.4, 0.5) is 11.5 Å². The maximum absolute atomic E-state index is 12.3. The van der Waals surface area contributed by atoms with Crippen LogP contribution in [0.3, 0.4) is 0 Å². The fraction of sp³-hybridized carbons (Fsp3) is 0.133. The van der Waals surface area contributed by atoms with Gasteiger partial charge in [-0.05, 0) is 25.1 Å². The quantitative estimate of drug-likeness (QED) is 0.583. The second-order valence-electron chi connectivity index (χ2n) is 5.15. The minimum Gasteiger partial charge on any atom is -0.305 e. The SMILES string of the molecule is Cc1cc(NC(=O)c2ccnn2C)n(-c2ccc([N+](=O)[O-])cc2)n1. The van der Waals surface area contributed by atoms with E-state index >= 15 is 0 Å². The van der Waals surface area contributed by atoms with Gasteiger partial charge in [0.1, 0.15) is 11.5 Å². The van der Waals surface area contributed by atoms with Crippen LogP contribution in [0.25, 0.3) is 5.69 Å². The Kier molecular flexibility index (Phi) is 3.82. The molecule has 0 aliphatic carbocycles. The summed E-state index contributed by atoms with van der Waals surface area (Å²) in [6.45, 7) is 1.79. The number of anilines is 1. The standard InChI is InChI=1S/C15H14N6O3/c1-10-9-14(17-15(22)13-7-8-16-19(13)2)20(18-10)11-3-5-12(6-4-11)21(23)24/h3-9H,1-2H3,(H,17,22). The summed E-state index contributed by atoms with van der Waals surface area (Å²) in [5, 5.41) is 21.8.